The zero-order valence-electron chi connectivity index (χ0n) is 29.0. The predicted octanol–water partition coefficient (Wildman–Crippen LogP) is 9.66. The Balaban J connectivity index is 0.000000311. The van der Waals surface area contributed by atoms with Gasteiger partial charge in [0.25, 0.3) is 0 Å². The Morgan fingerprint density at radius 3 is 0.782 bits per heavy atom. The molecule has 7 aromatic rings. The molecule has 2 N–H and O–H groups in total. The molecule has 276 valence electrons. The van der Waals surface area contributed by atoms with E-state index in [1.165, 1.54) is 31.8 Å². The molecule has 55 heavy (non-hydrogen) atoms. The molecule has 0 bridgehead atoms. The summed E-state index contributed by atoms with van der Waals surface area (Å²) in [6, 6.07) is 67.1. The third kappa shape index (κ3) is 8.31. The lowest BCUT2D eigenvalue weighted by atomic mass is 10.1. The van der Waals surface area contributed by atoms with E-state index in [1.807, 2.05) is 0 Å². The monoisotopic (exact) mass is 815 g/mol. The van der Waals surface area contributed by atoms with E-state index in [-0.39, 0.29) is 0 Å². The van der Waals surface area contributed by atoms with Crippen molar-refractivity contribution < 1.29 is 31.9 Å². The fraction of sp³-hybridized carbons (Fsp3) is 0. The van der Waals surface area contributed by atoms with Gasteiger partial charge in [-0.05, 0) is 72.8 Å². The molecule has 7 rings (SSSR count). The topological polar surface area (TPSA) is 49.3 Å². The first-order chi connectivity index (χ1) is 26.7. The lowest BCUT2D eigenvalue weighted by molar-refractivity contribution is 0.0682. The Bertz CT molecular complexity index is 1980. The maximum absolute atomic E-state index is 12.6. The van der Waals surface area contributed by atoms with Crippen LogP contribution >= 0.6 is 30.7 Å². The van der Waals surface area contributed by atoms with Crippen LogP contribution in [0.5, 0.6) is 0 Å². The van der Waals surface area contributed by atoms with E-state index in [0.29, 0.717) is 16.8 Å². The molecule has 0 aliphatic heterocycles. The fourth-order valence-electron chi connectivity index (χ4n) is 6.18. The van der Waals surface area contributed by atoms with Crippen molar-refractivity contribution in [2.24, 2.45) is 0 Å². The number of hydrogen-bond acceptors (Lipinski definition) is 2. The molecule has 0 fully saturated rings. The van der Waals surface area contributed by atoms with Gasteiger partial charge in [0.1, 0.15) is 68.1 Å². The van der Waals surface area contributed by atoms with Crippen LogP contribution in [-0.2, 0) is 0 Å². The van der Waals surface area contributed by atoms with Gasteiger partial charge in [-0.1, -0.05) is 109 Å². The van der Waals surface area contributed by atoms with Crippen molar-refractivity contribution >= 4 is 68.5 Å². The molecule has 0 aliphatic carbocycles. The van der Waals surface area contributed by atoms with Crippen LogP contribution in [0.15, 0.2) is 182 Å². The minimum Gasteiger partial charge on any atom is -0.477 e. The molecule has 0 spiro atoms. The van der Waals surface area contributed by atoms with Gasteiger partial charge in [-0.3, -0.25) is 0 Å². The van der Waals surface area contributed by atoms with Crippen LogP contribution in [0.1, 0.15) is 10.4 Å². The van der Waals surface area contributed by atoms with Crippen LogP contribution in [0.3, 0.4) is 0 Å². The van der Waals surface area contributed by atoms with Gasteiger partial charge in [-0.15, -0.1) is 0 Å². The summed E-state index contributed by atoms with van der Waals surface area (Å²) >= 11 is 0. The highest BCUT2D eigenvalue weighted by atomic mass is 32.1. The standard InChI is InChI=1S/C36H33NP4.C7HF5O2/c1-7-19-31(20-8-1)40(32-21-9-2-10-22-32,33-23-11-3-12-24-33)38-37-39-41(34-25-13-4-14-26-34,35-27-15-5-16-28-35)36-29-17-6-18-30-36;8-2-1(7(13)14)3(9)5(11)6(12)4(2)10/h1-30,37-39H;(H,13,14)/q+2;. The summed E-state index contributed by atoms with van der Waals surface area (Å²) in [4.78, 5) is 14.3. The summed E-state index contributed by atoms with van der Waals surface area (Å²) in [6.07, 6.45) is 0. The SMILES string of the molecule is O=C(O)c1c(F)c(F)c(F)c(F)c1F.c1ccc([P+](PNP[P+](c2ccccc2)(c2ccccc2)c2ccccc2)(c2ccccc2)c2ccccc2)cc1. The smallest absolute Gasteiger partial charge is 0.341 e. The first kappa shape index (κ1) is 40.0. The molecule has 0 saturated heterocycles. The first-order valence-electron chi connectivity index (χ1n) is 16.9. The van der Waals surface area contributed by atoms with Crippen molar-refractivity contribution in [1.29, 1.82) is 0 Å². The summed E-state index contributed by atoms with van der Waals surface area (Å²) in [5.41, 5.74) is -1.86. The zero-order chi connectivity index (χ0) is 38.8. The lowest BCUT2D eigenvalue weighted by Gasteiger charge is -2.30. The quantitative estimate of drug-likeness (QED) is 0.0592. The molecule has 2 atom stereocenters. The molecule has 0 heterocycles. The van der Waals surface area contributed by atoms with E-state index in [2.05, 4.69) is 187 Å². The second-order valence-electron chi connectivity index (χ2n) is 12.0. The van der Waals surface area contributed by atoms with Gasteiger partial charge < -0.3 is 5.11 Å². The largest absolute Gasteiger partial charge is 0.477 e. The molecule has 12 heteroatoms. The number of rotatable bonds is 11. The number of carbonyl (C=O) groups is 1. The Hall–Kier alpha value is -4.66. The summed E-state index contributed by atoms with van der Waals surface area (Å²) in [6.45, 7) is -3.95. The number of hydrogen-bond donors (Lipinski definition) is 2. The van der Waals surface area contributed by atoms with Crippen molar-refractivity contribution in [1.82, 2.24) is 4.86 Å². The Kier molecular flexibility index (Phi) is 13.3. The van der Waals surface area contributed by atoms with Crippen molar-refractivity contribution in [3.05, 3.63) is 217 Å². The van der Waals surface area contributed by atoms with Gasteiger partial charge in [0.05, 0.1) is 0 Å². The average Bonchev–Trinajstić information content (AvgIpc) is 3.24. The van der Waals surface area contributed by atoms with Gasteiger partial charge in [-0.2, -0.15) is 0 Å². The van der Waals surface area contributed by atoms with Crippen LogP contribution in [0.25, 0.3) is 0 Å². The van der Waals surface area contributed by atoms with Gasteiger partial charge >= 0.3 is 5.97 Å². The Labute approximate surface area is 320 Å². The normalized spacial score (nSPS) is 11.8. The zero-order valence-corrected chi connectivity index (χ0v) is 32.7. The average molecular weight is 816 g/mol. The number of halogens is 5. The van der Waals surface area contributed by atoms with Crippen LogP contribution in [0.2, 0.25) is 0 Å². The summed E-state index contributed by atoms with van der Waals surface area (Å²) in [5.74, 6) is -13.9. The molecule has 0 radical (unpaired) electrons. The van der Waals surface area contributed by atoms with Gasteiger partial charge in [0.2, 0.25) is 5.82 Å². The van der Waals surface area contributed by atoms with E-state index in [4.69, 9.17) is 5.11 Å². The number of nitrogens with one attached hydrogen (secondary N) is 1. The number of benzene rings is 7. The first-order valence-corrected chi connectivity index (χ1v) is 24.1. The van der Waals surface area contributed by atoms with Gasteiger partial charge in [-0.25, -0.2) is 31.6 Å². The fourth-order valence-corrected chi connectivity index (χ4v) is 23.8. The maximum atomic E-state index is 12.6. The van der Waals surface area contributed by atoms with E-state index >= 15 is 0 Å². The Morgan fingerprint density at radius 1 is 0.382 bits per heavy atom. The molecule has 0 aliphatic rings. The lowest BCUT2D eigenvalue weighted by Crippen LogP contribution is -2.31. The number of aromatic carboxylic acids is 1. The van der Waals surface area contributed by atoms with E-state index in [1.54, 1.807) is 0 Å². The minimum absolute atomic E-state index is 0.535. The van der Waals surface area contributed by atoms with Crippen molar-refractivity contribution in [3.63, 3.8) is 0 Å². The Morgan fingerprint density at radius 2 is 0.582 bits per heavy atom. The van der Waals surface area contributed by atoms with E-state index in [9.17, 15) is 26.7 Å². The second-order valence-corrected chi connectivity index (χ2v) is 24.5. The molecule has 0 saturated carbocycles. The van der Waals surface area contributed by atoms with Crippen LogP contribution < -0.4 is 36.7 Å². The number of carboxylic acid groups (broad SMARTS) is 1. The molecule has 2 unspecified atom stereocenters. The van der Waals surface area contributed by atoms with Crippen molar-refractivity contribution in [2.75, 3.05) is 0 Å². The highest BCUT2D eigenvalue weighted by molar-refractivity contribution is 8.47. The van der Waals surface area contributed by atoms with Crippen molar-refractivity contribution in [2.45, 2.75) is 0 Å². The second kappa shape index (κ2) is 18.3. The molecule has 0 amide bonds. The molecule has 0 aromatic heterocycles. The third-order valence-electron chi connectivity index (χ3n) is 8.73. The third-order valence-corrected chi connectivity index (χ3v) is 25.4. The predicted molar refractivity (Wildman–Crippen MR) is 223 cm³/mol. The molecular formula is C43H34F5NO2P4+2. The van der Waals surface area contributed by atoms with Crippen LogP contribution in [0, 0.1) is 29.1 Å². The van der Waals surface area contributed by atoms with Crippen LogP contribution in [0.4, 0.5) is 22.0 Å². The highest BCUT2D eigenvalue weighted by Gasteiger charge is 2.50. The van der Waals surface area contributed by atoms with Crippen LogP contribution in [-0.4, -0.2) is 11.1 Å². The molecular weight excluding hydrogens is 781 g/mol. The summed E-state index contributed by atoms with van der Waals surface area (Å²) in [5, 5.41) is 16.6. The van der Waals surface area contributed by atoms with Gasteiger partial charge in [0, 0.05) is 0 Å². The minimum atomic E-state index is -2.38. The maximum Gasteiger partial charge on any atom is 0.341 e. The van der Waals surface area contributed by atoms with E-state index < -0.39 is 54.5 Å². The van der Waals surface area contributed by atoms with Crippen molar-refractivity contribution in [3.8, 4) is 0 Å². The highest BCUT2D eigenvalue weighted by Crippen LogP contribution is 2.76. The molecule has 7 aromatic carbocycles. The summed E-state index contributed by atoms with van der Waals surface area (Å²) < 4.78 is 62.1. The van der Waals surface area contributed by atoms with Gasteiger partial charge in [0.15, 0.2) is 23.3 Å². The van der Waals surface area contributed by atoms with E-state index in [0.717, 1.165) is 0 Å². The molecule has 3 nitrogen and oxygen atoms in total. The summed E-state index contributed by atoms with van der Waals surface area (Å²) in [7, 11) is 1.07. The number of carboxylic acids is 1.